The van der Waals surface area contributed by atoms with Gasteiger partial charge in [-0.05, 0) is 62.6 Å². The van der Waals surface area contributed by atoms with Crippen molar-refractivity contribution in [2.75, 3.05) is 6.61 Å². The summed E-state index contributed by atoms with van der Waals surface area (Å²) in [5.41, 5.74) is 5.12. The average Bonchev–Trinajstić information content (AvgIpc) is 3.68. The van der Waals surface area contributed by atoms with Crippen molar-refractivity contribution in [1.29, 1.82) is 0 Å². The Morgan fingerprint density at radius 2 is 1.77 bits per heavy atom. The zero-order valence-corrected chi connectivity index (χ0v) is 25.3. The van der Waals surface area contributed by atoms with Crippen LogP contribution in [0.15, 0.2) is 68.8 Å². The van der Waals surface area contributed by atoms with Crippen LogP contribution in [0.2, 0.25) is 0 Å². The van der Waals surface area contributed by atoms with E-state index in [0.29, 0.717) is 25.3 Å². The summed E-state index contributed by atoms with van der Waals surface area (Å²) in [4.78, 5) is 28.5. The van der Waals surface area contributed by atoms with Crippen LogP contribution >= 0.6 is 0 Å². The summed E-state index contributed by atoms with van der Waals surface area (Å²) in [5.74, 6) is -0.228. The number of rotatable bonds is 10. The van der Waals surface area contributed by atoms with Crippen LogP contribution in [0, 0.1) is 0 Å². The van der Waals surface area contributed by atoms with Gasteiger partial charge in [0.05, 0.1) is 30.2 Å². The Labute approximate surface area is 254 Å². The van der Waals surface area contributed by atoms with Gasteiger partial charge in [-0.3, -0.25) is 18.9 Å². The molecule has 11 nitrogen and oxygen atoms in total. The number of benzene rings is 2. The van der Waals surface area contributed by atoms with Crippen LogP contribution in [0.3, 0.4) is 0 Å². The van der Waals surface area contributed by atoms with Gasteiger partial charge in [0.2, 0.25) is 0 Å². The van der Waals surface area contributed by atoms with E-state index >= 15 is 0 Å². The summed E-state index contributed by atoms with van der Waals surface area (Å²) in [6, 6.07) is 15.8. The number of aryl methyl sites for hydroxylation is 1. The lowest BCUT2D eigenvalue weighted by molar-refractivity contribution is -0.0654. The van der Waals surface area contributed by atoms with E-state index in [4.69, 9.17) is 9.26 Å². The monoisotopic (exact) mass is 598 g/mol. The molecular formula is C33H38N6O5. The molecule has 1 aliphatic rings. The minimum absolute atomic E-state index is 0.00789. The number of aliphatic hydroxyl groups is 1. The minimum atomic E-state index is -0.869. The van der Waals surface area contributed by atoms with Crippen LogP contribution in [0.4, 0.5) is 0 Å². The zero-order valence-electron chi connectivity index (χ0n) is 25.3. The number of fused-ring (bicyclic) bond motifs is 1. The molecule has 0 unspecified atom stereocenters. The van der Waals surface area contributed by atoms with E-state index in [1.165, 1.54) is 0 Å². The van der Waals surface area contributed by atoms with E-state index in [1.807, 2.05) is 57.6 Å². The highest BCUT2D eigenvalue weighted by Crippen LogP contribution is 2.32. The molecule has 2 N–H and O–H groups in total. The summed E-state index contributed by atoms with van der Waals surface area (Å²) >= 11 is 0. The van der Waals surface area contributed by atoms with Crippen LogP contribution < -0.4 is 11.3 Å². The molecule has 230 valence electrons. The van der Waals surface area contributed by atoms with Gasteiger partial charge in [0, 0.05) is 23.6 Å². The molecule has 6 rings (SSSR count). The Hall–Kier alpha value is -4.35. The van der Waals surface area contributed by atoms with Crippen LogP contribution in [0.5, 0.6) is 0 Å². The summed E-state index contributed by atoms with van der Waals surface area (Å²) in [6.45, 7) is 5.88. The second-order valence-electron chi connectivity index (χ2n) is 12.3. The largest absolute Gasteiger partial charge is 0.439 e. The number of hydrogen-bond acceptors (Lipinski definition) is 8. The number of H-pyrrole nitrogens is 1. The fourth-order valence-corrected chi connectivity index (χ4v) is 6.20. The molecule has 11 heteroatoms. The normalized spacial score (nSPS) is 17.4. The number of hydrogen-bond donors (Lipinski definition) is 2. The van der Waals surface area contributed by atoms with Crippen molar-refractivity contribution >= 4 is 5.65 Å². The van der Waals surface area contributed by atoms with Gasteiger partial charge < -0.3 is 9.84 Å². The van der Waals surface area contributed by atoms with Gasteiger partial charge in [-0.25, -0.2) is 9.31 Å². The second kappa shape index (κ2) is 12.3. The molecule has 3 heterocycles. The highest BCUT2D eigenvalue weighted by molar-refractivity contribution is 5.80. The first-order valence-electron chi connectivity index (χ1n) is 15.3. The molecule has 3 aromatic heterocycles. The number of aromatic nitrogens is 6. The van der Waals surface area contributed by atoms with Crippen molar-refractivity contribution in [1.82, 2.24) is 29.5 Å². The van der Waals surface area contributed by atoms with Crippen molar-refractivity contribution in [2.24, 2.45) is 0 Å². The Bertz CT molecular complexity index is 1850. The van der Waals surface area contributed by atoms with E-state index in [0.717, 1.165) is 71.3 Å². The SMILES string of the molecule is CCCc1c(Cc2ccc(-c3ccccc3-c3noc(=O)[nH]3)cc2)c(=O)n(C2CCC(OCC(C)(C)O)CC2)c2cnnn12. The van der Waals surface area contributed by atoms with Gasteiger partial charge in [-0.2, -0.15) is 0 Å². The highest BCUT2D eigenvalue weighted by atomic mass is 16.5. The first-order valence-corrected chi connectivity index (χ1v) is 15.3. The molecule has 2 aromatic carbocycles. The Morgan fingerprint density at radius 3 is 2.43 bits per heavy atom. The summed E-state index contributed by atoms with van der Waals surface area (Å²) in [5, 5.41) is 22.5. The smallest absolute Gasteiger partial charge is 0.388 e. The molecule has 1 aliphatic carbocycles. The lowest BCUT2D eigenvalue weighted by Gasteiger charge is -2.32. The molecule has 0 bridgehead atoms. The summed E-state index contributed by atoms with van der Waals surface area (Å²) < 4.78 is 14.4. The third kappa shape index (κ3) is 6.15. The lowest BCUT2D eigenvalue weighted by Crippen LogP contribution is -2.36. The van der Waals surface area contributed by atoms with Crippen molar-refractivity contribution in [3.05, 3.63) is 92.5 Å². The molecule has 1 fully saturated rings. The van der Waals surface area contributed by atoms with Gasteiger partial charge >= 0.3 is 5.76 Å². The minimum Gasteiger partial charge on any atom is -0.388 e. The van der Waals surface area contributed by atoms with Crippen LogP contribution in [0.1, 0.15) is 75.7 Å². The first-order chi connectivity index (χ1) is 21.2. The number of ether oxygens (including phenoxy) is 1. The topological polar surface area (TPSA) is 141 Å². The fourth-order valence-electron chi connectivity index (χ4n) is 6.20. The average molecular weight is 599 g/mol. The Morgan fingerprint density at radius 1 is 1.05 bits per heavy atom. The Kier molecular flexibility index (Phi) is 8.33. The molecule has 0 amide bonds. The van der Waals surface area contributed by atoms with E-state index in [1.54, 1.807) is 20.0 Å². The zero-order chi connectivity index (χ0) is 30.8. The van der Waals surface area contributed by atoms with Gasteiger partial charge in [0.25, 0.3) is 5.56 Å². The molecule has 5 aromatic rings. The second-order valence-corrected chi connectivity index (χ2v) is 12.3. The maximum atomic E-state index is 14.3. The molecular weight excluding hydrogens is 560 g/mol. The van der Waals surface area contributed by atoms with E-state index in [2.05, 4.69) is 27.4 Å². The number of aromatic amines is 1. The quantitative estimate of drug-likeness (QED) is 0.235. The molecule has 44 heavy (non-hydrogen) atoms. The molecule has 0 spiro atoms. The Balaban J connectivity index is 1.30. The van der Waals surface area contributed by atoms with Gasteiger partial charge in [-0.1, -0.05) is 72.2 Å². The molecule has 0 radical (unpaired) electrons. The van der Waals surface area contributed by atoms with Crippen molar-refractivity contribution in [2.45, 2.75) is 83.5 Å². The maximum absolute atomic E-state index is 14.3. The fraction of sp³-hybridized carbons (Fsp3) is 0.424. The molecule has 0 atom stereocenters. The highest BCUT2D eigenvalue weighted by Gasteiger charge is 2.29. The molecule has 0 saturated heterocycles. The number of nitrogens with one attached hydrogen (secondary N) is 1. The van der Waals surface area contributed by atoms with Crippen LogP contribution in [0.25, 0.3) is 28.2 Å². The predicted molar refractivity (Wildman–Crippen MR) is 166 cm³/mol. The summed E-state index contributed by atoms with van der Waals surface area (Å²) in [7, 11) is 0. The van der Waals surface area contributed by atoms with Gasteiger partial charge in [0.1, 0.15) is 0 Å². The molecule has 0 aliphatic heterocycles. The third-order valence-electron chi connectivity index (χ3n) is 8.30. The standard InChI is InChI=1S/C33H38N6O5/c1-4-7-28-27(18-21-10-12-22(13-11-21)25-8-5-6-9-26(25)30-35-32(41)44-36-30)31(40)38(29-19-34-37-39(28)29)23-14-16-24(17-15-23)43-20-33(2,3)42/h5-6,8-13,19,23-24,42H,4,7,14-18,20H2,1-3H3,(H,35,36,41). The van der Waals surface area contributed by atoms with Gasteiger partial charge in [0.15, 0.2) is 11.5 Å². The van der Waals surface area contributed by atoms with E-state index in [9.17, 15) is 14.7 Å². The van der Waals surface area contributed by atoms with E-state index < -0.39 is 11.4 Å². The van der Waals surface area contributed by atoms with Crippen molar-refractivity contribution in [3.8, 4) is 22.5 Å². The number of nitrogens with zero attached hydrogens (tertiary/aromatic N) is 5. The molecule has 1 saturated carbocycles. The predicted octanol–water partition coefficient (Wildman–Crippen LogP) is 4.72. The van der Waals surface area contributed by atoms with E-state index in [-0.39, 0.29) is 17.7 Å². The third-order valence-corrected chi connectivity index (χ3v) is 8.30. The lowest BCUT2D eigenvalue weighted by atomic mass is 9.92. The first kappa shape index (κ1) is 29.7. The van der Waals surface area contributed by atoms with Gasteiger partial charge in [-0.15, -0.1) is 5.10 Å². The maximum Gasteiger partial charge on any atom is 0.439 e. The van der Waals surface area contributed by atoms with Crippen LogP contribution in [-0.4, -0.2) is 53.0 Å². The summed E-state index contributed by atoms with van der Waals surface area (Å²) in [6.07, 6.45) is 7.04. The van der Waals surface area contributed by atoms with Crippen molar-refractivity contribution in [3.63, 3.8) is 0 Å². The van der Waals surface area contributed by atoms with Crippen molar-refractivity contribution < 1.29 is 14.4 Å². The van der Waals surface area contributed by atoms with Crippen LogP contribution in [-0.2, 0) is 17.6 Å².